The van der Waals surface area contributed by atoms with E-state index in [2.05, 4.69) is 42.6 Å². The van der Waals surface area contributed by atoms with E-state index in [1.807, 2.05) is 6.07 Å². The summed E-state index contributed by atoms with van der Waals surface area (Å²) in [5.41, 5.74) is 1.28. The molecule has 86 valence electrons. The molecule has 16 heavy (non-hydrogen) atoms. The topological polar surface area (TPSA) is 21.3 Å². The van der Waals surface area contributed by atoms with Crippen LogP contribution in [0.5, 0.6) is 0 Å². The van der Waals surface area contributed by atoms with Gasteiger partial charge in [0.05, 0.1) is 12.6 Å². The van der Waals surface area contributed by atoms with Crippen molar-refractivity contribution in [3.8, 4) is 0 Å². The summed E-state index contributed by atoms with van der Waals surface area (Å²) < 4.78 is 5.75. The molecule has 0 aliphatic carbocycles. The first kappa shape index (κ1) is 11.2. The highest BCUT2D eigenvalue weighted by atomic mass is 16.5. The van der Waals surface area contributed by atoms with Gasteiger partial charge in [-0.15, -0.1) is 0 Å². The number of allylic oxidation sites excluding steroid dienone is 1. The number of likely N-dealkylation sites (N-methyl/N-ethyl adjacent to an activating group) is 1. The van der Waals surface area contributed by atoms with Crippen LogP contribution in [0, 0.1) is 0 Å². The van der Waals surface area contributed by atoms with Crippen molar-refractivity contribution in [2.45, 2.75) is 25.8 Å². The predicted octanol–water partition coefficient (Wildman–Crippen LogP) is 3.03. The van der Waals surface area contributed by atoms with Crippen molar-refractivity contribution in [1.29, 1.82) is 0 Å². The van der Waals surface area contributed by atoms with Gasteiger partial charge in [0, 0.05) is 0 Å². The maximum atomic E-state index is 5.75. The molecule has 0 bridgehead atoms. The lowest BCUT2D eigenvalue weighted by Gasteiger charge is -2.24. The zero-order valence-corrected chi connectivity index (χ0v) is 9.78. The average Bonchev–Trinajstić information content (AvgIpc) is 2.38. The number of hydrogen-bond donors (Lipinski definition) is 1. The Hall–Kier alpha value is -1.28. The van der Waals surface area contributed by atoms with E-state index in [9.17, 15) is 0 Å². The Kier molecular flexibility index (Phi) is 4.00. The molecule has 0 fully saturated rings. The Balaban J connectivity index is 2.19. The van der Waals surface area contributed by atoms with Gasteiger partial charge in [0.15, 0.2) is 0 Å². The SMILES string of the molecule is CCNC(C1=CCCCO1)c1ccccc1. The summed E-state index contributed by atoms with van der Waals surface area (Å²) in [5, 5.41) is 3.48. The van der Waals surface area contributed by atoms with Crippen molar-refractivity contribution >= 4 is 0 Å². The molecule has 0 saturated carbocycles. The molecule has 0 saturated heterocycles. The zero-order chi connectivity index (χ0) is 11.2. The van der Waals surface area contributed by atoms with Gasteiger partial charge >= 0.3 is 0 Å². The van der Waals surface area contributed by atoms with E-state index in [0.29, 0.717) is 0 Å². The highest BCUT2D eigenvalue weighted by Gasteiger charge is 2.18. The summed E-state index contributed by atoms with van der Waals surface area (Å²) in [6.45, 7) is 3.92. The van der Waals surface area contributed by atoms with Crippen molar-refractivity contribution in [2.24, 2.45) is 0 Å². The molecule has 2 heteroatoms. The molecule has 2 nitrogen and oxygen atoms in total. The number of benzene rings is 1. The van der Waals surface area contributed by atoms with Crippen LogP contribution in [0.25, 0.3) is 0 Å². The molecule has 2 rings (SSSR count). The van der Waals surface area contributed by atoms with Crippen LogP contribution in [-0.4, -0.2) is 13.2 Å². The van der Waals surface area contributed by atoms with Gasteiger partial charge in [-0.05, 0) is 31.0 Å². The molecule has 1 aromatic carbocycles. The first-order chi connectivity index (χ1) is 7.92. The minimum absolute atomic E-state index is 0.214. The minimum Gasteiger partial charge on any atom is -0.496 e. The Morgan fingerprint density at radius 1 is 1.31 bits per heavy atom. The summed E-state index contributed by atoms with van der Waals surface area (Å²) in [7, 11) is 0. The molecular formula is C14H19NO. The second-order valence-corrected chi connectivity index (χ2v) is 4.00. The van der Waals surface area contributed by atoms with Crippen molar-refractivity contribution in [2.75, 3.05) is 13.2 Å². The van der Waals surface area contributed by atoms with E-state index in [-0.39, 0.29) is 6.04 Å². The third-order valence-electron chi connectivity index (χ3n) is 2.79. The van der Waals surface area contributed by atoms with Crippen LogP contribution in [0.1, 0.15) is 31.4 Å². The van der Waals surface area contributed by atoms with Crippen molar-refractivity contribution in [3.05, 3.63) is 47.7 Å². The number of hydrogen-bond acceptors (Lipinski definition) is 2. The monoisotopic (exact) mass is 217 g/mol. The molecule has 0 amide bonds. The smallest absolute Gasteiger partial charge is 0.113 e. The molecule has 0 aromatic heterocycles. The van der Waals surface area contributed by atoms with Gasteiger partial charge in [-0.3, -0.25) is 0 Å². The quantitative estimate of drug-likeness (QED) is 0.837. The normalized spacial score (nSPS) is 17.4. The molecule has 1 N–H and O–H groups in total. The molecule has 1 aliphatic rings. The van der Waals surface area contributed by atoms with Gasteiger partial charge in [0.2, 0.25) is 0 Å². The van der Waals surface area contributed by atoms with Gasteiger partial charge in [-0.25, -0.2) is 0 Å². The molecular weight excluding hydrogens is 198 g/mol. The lowest BCUT2D eigenvalue weighted by atomic mass is 10.0. The fourth-order valence-corrected chi connectivity index (χ4v) is 2.01. The standard InChI is InChI=1S/C14H19NO/c1-2-15-14(12-8-4-3-5-9-12)13-10-6-7-11-16-13/h3-5,8-10,14-15H,2,6-7,11H2,1H3. The lowest BCUT2D eigenvalue weighted by molar-refractivity contribution is 0.168. The summed E-state index contributed by atoms with van der Waals surface area (Å²) in [5.74, 6) is 1.08. The Morgan fingerprint density at radius 3 is 2.75 bits per heavy atom. The lowest BCUT2D eigenvalue weighted by Crippen LogP contribution is -2.25. The van der Waals surface area contributed by atoms with Crippen LogP contribution in [0.15, 0.2) is 42.2 Å². The second kappa shape index (κ2) is 5.71. The summed E-state index contributed by atoms with van der Waals surface area (Å²) in [4.78, 5) is 0. The third-order valence-corrected chi connectivity index (χ3v) is 2.79. The number of rotatable bonds is 4. The summed E-state index contributed by atoms with van der Waals surface area (Å²) in [6.07, 6.45) is 4.48. The average molecular weight is 217 g/mol. The zero-order valence-electron chi connectivity index (χ0n) is 9.78. The van der Waals surface area contributed by atoms with E-state index in [1.165, 1.54) is 5.56 Å². The minimum atomic E-state index is 0.214. The number of ether oxygens (including phenoxy) is 1. The molecule has 0 radical (unpaired) electrons. The molecule has 1 atom stereocenters. The van der Waals surface area contributed by atoms with Crippen LogP contribution in [0.3, 0.4) is 0 Å². The largest absolute Gasteiger partial charge is 0.496 e. The first-order valence-corrected chi connectivity index (χ1v) is 6.03. The van der Waals surface area contributed by atoms with Crippen LogP contribution in [-0.2, 0) is 4.74 Å². The van der Waals surface area contributed by atoms with Crippen LogP contribution in [0.4, 0.5) is 0 Å². The van der Waals surface area contributed by atoms with Crippen molar-refractivity contribution in [3.63, 3.8) is 0 Å². The van der Waals surface area contributed by atoms with E-state index in [1.54, 1.807) is 0 Å². The fourth-order valence-electron chi connectivity index (χ4n) is 2.01. The Bertz CT molecular complexity index is 345. The van der Waals surface area contributed by atoms with Gasteiger partial charge < -0.3 is 10.1 Å². The second-order valence-electron chi connectivity index (χ2n) is 4.00. The summed E-state index contributed by atoms with van der Waals surface area (Å²) in [6, 6.07) is 10.7. The molecule has 0 spiro atoms. The Morgan fingerprint density at radius 2 is 2.12 bits per heavy atom. The van der Waals surface area contributed by atoms with Gasteiger partial charge in [-0.1, -0.05) is 37.3 Å². The van der Waals surface area contributed by atoms with E-state index < -0.39 is 0 Å². The van der Waals surface area contributed by atoms with E-state index in [0.717, 1.165) is 31.8 Å². The molecule has 1 aliphatic heterocycles. The van der Waals surface area contributed by atoms with E-state index in [4.69, 9.17) is 4.74 Å². The van der Waals surface area contributed by atoms with Gasteiger partial charge in [-0.2, -0.15) is 0 Å². The molecule has 1 aromatic rings. The highest BCUT2D eigenvalue weighted by molar-refractivity contribution is 5.26. The van der Waals surface area contributed by atoms with Gasteiger partial charge in [0.1, 0.15) is 5.76 Å². The van der Waals surface area contributed by atoms with Crippen LogP contribution in [0.2, 0.25) is 0 Å². The Labute approximate surface area is 97.3 Å². The van der Waals surface area contributed by atoms with Crippen LogP contribution >= 0.6 is 0 Å². The maximum absolute atomic E-state index is 5.75. The van der Waals surface area contributed by atoms with Crippen LogP contribution < -0.4 is 5.32 Å². The predicted molar refractivity (Wildman–Crippen MR) is 66.1 cm³/mol. The molecule has 1 heterocycles. The fraction of sp³-hybridized carbons (Fsp3) is 0.429. The third kappa shape index (κ3) is 2.64. The maximum Gasteiger partial charge on any atom is 0.113 e. The summed E-state index contributed by atoms with van der Waals surface area (Å²) >= 11 is 0. The first-order valence-electron chi connectivity index (χ1n) is 6.03. The van der Waals surface area contributed by atoms with Gasteiger partial charge in [0.25, 0.3) is 0 Å². The van der Waals surface area contributed by atoms with Crippen molar-refractivity contribution in [1.82, 2.24) is 5.32 Å². The van der Waals surface area contributed by atoms with E-state index >= 15 is 0 Å². The van der Waals surface area contributed by atoms with Crippen molar-refractivity contribution < 1.29 is 4.74 Å². The highest BCUT2D eigenvalue weighted by Crippen LogP contribution is 2.25. The number of nitrogens with one attached hydrogen (secondary N) is 1. The molecule has 1 unspecified atom stereocenters.